The summed E-state index contributed by atoms with van der Waals surface area (Å²) in [6.07, 6.45) is 2.90. The van der Waals surface area contributed by atoms with Gasteiger partial charge in [-0.25, -0.2) is 5.43 Å². The van der Waals surface area contributed by atoms with Gasteiger partial charge in [0.1, 0.15) is 0 Å². The van der Waals surface area contributed by atoms with Crippen molar-refractivity contribution in [2.75, 3.05) is 6.54 Å². The summed E-state index contributed by atoms with van der Waals surface area (Å²) in [5.41, 5.74) is 5.95. The van der Waals surface area contributed by atoms with Crippen molar-refractivity contribution >= 4 is 5.91 Å². The van der Waals surface area contributed by atoms with Crippen molar-refractivity contribution in [2.45, 2.75) is 33.1 Å². The van der Waals surface area contributed by atoms with Gasteiger partial charge in [-0.3, -0.25) is 10.2 Å². The highest BCUT2D eigenvalue weighted by Crippen LogP contribution is 2.03. The fourth-order valence-electron chi connectivity index (χ4n) is 0.761. The van der Waals surface area contributed by atoms with Crippen molar-refractivity contribution in [3.63, 3.8) is 0 Å². The molecule has 0 unspecified atom stereocenters. The molecule has 0 aliphatic heterocycles. The first-order valence-corrected chi connectivity index (χ1v) is 4.43. The van der Waals surface area contributed by atoms with E-state index in [1.165, 1.54) is 0 Å². The van der Waals surface area contributed by atoms with Crippen molar-refractivity contribution < 1.29 is 4.79 Å². The summed E-state index contributed by atoms with van der Waals surface area (Å²) in [6, 6.07) is 0. The highest BCUT2D eigenvalue weighted by Gasteiger charge is 2.03. The molecule has 0 rings (SSSR count). The Morgan fingerprint density at radius 2 is 2.08 bits per heavy atom. The second-order valence-electron chi connectivity index (χ2n) is 2.69. The summed E-state index contributed by atoms with van der Waals surface area (Å²) in [6.45, 7) is 8.44. The van der Waals surface area contributed by atoms with Crippen LogP contribution in [0.2, 0.25) is 0 Å². The second-order valence-corrected chi connectivity index (χ2v) is 2.69. The molecule has 0 aliphatic carbocycles. The van der Waals surface area contributed by atoms with E-state index in [2.05, 4.69) is 24.4 Å². The van der Waals surface area contributed by atoms with Crippen LogP contribution in [0.25, 0.3) is 0 Å². The highest BCUT2D eigenvalue weighted by molar-refractivity contribution is 5.92. The fourth-order valence-corrected chi connectivity index (χ4v) is 0.761. The van der Waals surface area contributed by atoms with E-state index in [-0.39, 0.29) is 5.91 Å². The summed E-state index contributed by atoms with van der Waals surface area (Å²) < 4.78 is 0. The van der Waals surface area contributed by atoms with E-state index < -0.39 is 0 Å². The number of hydrogen-bond donors (Lipinski definition) is 2. The Morgan fingerprint density at radius 1 is 1.42 bits per heavy atom. The molecule has 0 atom stereocenters. The minimum atomic E-state index is -0.0923. The summed E-state index contributed by atoms with van der Waals surface area (Å²) in [5, 5.41) is 0. The quantitative estimate of drug-likeness (QED) is 0.467. The van der Waals surface area contributed by atoms with Gasteiger partial charge in [-0.15, -0.1) is 0 Å². The second kappa shape index (κ2) is 6.85. The van der Waals surface area contributed by atoms with Gasteiger partial charge >= 0.3 is 0 Å². The van der Waals surface area contributed by atoms with E-state index in [4.69, 9.17) is 0 Å². The van der Waals surface area contributed by atoms with Crippen LogP contribution in [0.3, 0.4) is 0 Å². The molecule has 0 aliphatic rings. The maximum Gasteiger partial charge on any atom is 0.260 e. The van der Waals surface area contributed by atoms with Crippen LogP contribution in [-0.2, 0) is 4.79 Å². The van der Waals surface area contributed by atoms with E-state index in [0.717, 1.165) is 25.8 Å². The van der Waals surface area contributed by atoms with Gasteiger partial charge in [-0.2, -0.15) is 0 Å². The van der Waals surface area contributed by atoms with Crippen molar-refractivity contribution in [1.29, 1.82) is 0 Å². The maximum absolute atomic E-state index is 11.1. The molecule has 1 amide bonds. The molecule has 0 spiro atoms. The molecule has 2 N–H and O–H groups in total. The lowest BCUT2D eigenvalue weighted by Crippen LogP contribution is -2.37. The molecule has 3 heteroatoms. The summed E-state index contributed by atoms with van der Waals surface area (Å²) in [4.78, 5) is 11.1. The Balaban J connectivity index is 3.55. The lowest BCUT2D eigenvalue weighted by atomic mass is 10.1. The first-order chi connectivity index (χ1) is 5.72. The molecule has 12 heavy (non-hydrogen) atoms. The molecule has 0 saturated heterocycles. The summed E-state index contributed by atoms with van der Waals surface area (Å²) in [7, 11) is 0. The predicted molar refractivity (Wildman–Crippen MR) is 50.5 cm³/mol. The van der Waals surface area contributed by atoms with E-state index in [1.807, 2.05) is 6.92 Å². The molecule has 3 nitrogen and oxygen atoms in total. The minimum Gasteiger partial charge on any atom is -0.288 e. The van der Waals surface area contributed by atoms with Gasteiger partial charge in [-0.05, 0) is 12.8 Å². The fraction of sp³-hybridized carbons (Fsp3) is 0.667. The van der Waals surface area contributed by atoms with Gasteiger partial charge in [0, 0.05) is 12.1 Å². The zero-order valence-electron chi connectivity index (χ0n) is 7.94. The molecule has 0 aromatic heterocycles. The molecule has 0 saturated carbocycles. The molecule has 0 fully saturated rings. The van der Waals surface area contributed by atoms with Crippen molar-refractivity contribution in [2.24, 2.45) is 0 Å². The van der Waals surface area contributed by atoms with Gasteiger partial charge in [0.15, 0.2) is 0 Å². The van der Waals surface area contributed by atoms with Gasteiger partial charge in [0.2, 0.25) is 0 Å². The Labute approximate surface area is 74.2 Å². The maximum atomic E-state index is 11.1. The number of nitrogens with one attached hydrogen (secondary N) is 2. The summed E-state index contributed by atoms with van der Waals surface area (Å²) in [5.74, 6) is -0.0923. The van der Waals surface area contributed by atoms with E-state index in [1.54, 1.807) is 0 Å². The van der Waals surface area contributed by atoms with Crippen LogP contribution in [0.15, 0.2) is 12.2 Å². The number of carbonyl (C=O) groups excluding carboxylic acids is 1. The van der Waals surface area contributed by atoms with Crippen LogP contribution >= 0.6 is 0 Å². The van der Waals surface area contributed by atoms with Crippen molar-refractivity contribution in [3.05, 3.63) is 12.2 Å². The number of rotatable bonds is 6. The summed E-state index contributed by atoms with van der Waals surface area (Å²) >= 11 is 0. The van der Waals surface area contributed by atoms with Crippen LogP contribution in [0.5, 0.6) is 0 Å². The van der Waals surface area contributed by atoms with Gasteiger partial charge in [-0.1, -0.05) is 26.8 Å². The van der Waals surface area contributed by atoms with Crippen LogP contribution in [-0.4, -0.2) is 12.5 Å². The van der Waals surface area contributed by atoms with Crippen molar-refractivity contribution in [3.8, 4) is 0 Å². The first-order valence-electron chi connectivity index (χ1n) is 4.43. The Hall–Kier alpha value is -0.830. The normalized spacial score (nSPS) is 9.50. The molecular weight excluding hydrogens is 152 g/mol. The zero-order chi connectivity index (χ0) is 9.40. The van der Waals surface area contributed by atoms with Gasteiger partial charge < -0.3 is 0 Å². The Morgan fingerprint density at radius 3 is 2.58 bits per heavy atom. The van der Waals surface area contributed by atoms with Crippen LogP contribution in [0.4, 0.5) is 0 Å². The third-order valence-corrected chi connectivity index (χ3v) is 1.53. The lowest BCUT2D eigenvalue weighted by Gasteiger charge is -2.06. The van der Waals surface area contributed by atoms with Crippen LogP contribution in [0, 0.1) is 0 Å². The van der Waals surface area contributed by atoms with E-state index in [9.17, 15) is 4.79 Å². The third-order valence-electron chi connectivity index (χ3n) is 1.53. The smallest absolute Gasteiger partial charge is 0.260 e. The first kappa shape index (κ1) is 11.2. The molecule has 0 bridgehead atoms. The predicted octanol–water partition coefficient (Wildman–Crippen LogP) is 1.37. The third kappa shape index (κ3) is 4.91. The van der Waals surface area contributed by atoms with Crippen LogP contribution < -0.4 is 10.9 Å². The van der Waals surface area contributed by atoms with Gasteiger partial charge in [0.25, 0.3) is 5.91 Å². The average molecular weight is 170 g/mol. The molecule has 70 valence electrons. The van der Waals surface area contributed by atoms with E-state index >= 15 is 0 Å². The SMILES string of the molecule is C=C(CCCC)C(=O)NNCC. The Bertz CT molecular complexity index is 137. The van der Waals surface area contributed by atoms with Crippen molar-refractivity contribution in [1.82, 2.24) is 10.9 Å². The van der Waals surface area contributed by atoms with E-state index in [0.29, 0.717) is 5.57 Å². The largest absolute Gasteiger partial charge is 0.288 e. The van der Waals surface area contributed by atoms with Crippen LogP contribution in [0.1, 0.15) is 33.1 Å². The number of unbranched alkanes of at least 4 members (excludes halogenated alkanes) is 1. The average Bonchev–Trinajstić information content (AvgIpc) is 2.10. The van der Waals surface area contributed by atoms with Gasteiger partial charge in [0.05, 0.1) is 0 Å². The molecule has 0 aromatic rings. The standard InChI is InChI=1S/C9H18N2O/c1-4-6-7-8(3)9(12)11-10-5-2/h10H,3-7H2,1-2H3,(H,11,12). The number of amides is 1. The molecule has 0 radical (unpaired) electrons. The monoisotopic (exact) mass is 170 g/mol. The number of carbonyl (C=O) groups is 1. The molecule has 0 heterocycles. The Kier molecular flexibility index (Phi) is 6.38. The number of hydrogen-bond acceptors (Lipinski definition) is 2. The topological polar surface area (TPSA) is 41.1 Å². The lowest BCUT2D eigenvalue weighted by molar-refractivity contribution is -0.118. The number of hydrazine groups is 1. The zero-order valence-corrected chi connectivity index (χ0v) is 7.94. The highest BCUT2D eigenvalue weighted by atomic mass is 16.2. The molecular formula is C9H18N2O. The minimum absolute atomic E-state index is 0.0923. The molecule has 0 aromatic carbocycles.